The lowest BCUT2D eigenvalue weighted by molar-refractivity contribution is -0.126. The maximum absolute atomic E-state index is 12.4. The van der Waals surface area contributed by atoms with Crippen LogP contribution in [-0.4, -0.2) is 58.1 Å². The third-order valence-electron chi connectivity index (χ3n) is 3.36. The van der Waals surface area contributed by atoms with Gasteiger partial charge in [-0.05, 0) is 31.2 Å². The van der Waals surface area contributed by atoms with Crippen molar-refractivity contribution in [3.05, 3.63) is 24.3 Å². The molecule has 22 heavy (non-hydrogen) atoms. The number of ether oxygens (including phenoxy) is 2. The van der Waals surface area contributed by atoms with E-state index in [1.54, 1.807) is 19.1 Å². The summed E-state index contributed by atoms with van der Waals surface area (Å²) in [5.41, 5.74) is 0. The molecule has 0 radical (unpaired) electrons. The van der Waals surface area contributed by atoms with Gasteiger partial charge in [-0.25, -0.2) is 8.42 Å². The Hall–Kier alpha value is -1.64. The molecule has 0 aromatic heterocycles. The number of rotatable bonds is 5. The van der Waals surface area contributed by atoms with Crippen LogP contribution in [0.2, 0.25) is 0 Å². The molecule has 0 spiro atoms. The van der Waals surface area contributed by atoms with E-state index in [1.165, 1.54) is 23.5 Å². The predicted octanol–water partition coefficient (Wildman–Crippen LogP) is 0.221. The van der Waals surface area contributed by atoms with Crippen LogP contribution in [0.4, 0.5) is 0 Å². The molecule has 1 amide bonds. The third kappa shape index (κ3) is 3.76. The Bertz CT molecular complexity index is 609. The van der Waals surface area contributed by atoms with Gasteiger partial charge < -0.3 is 14.8 Å². The van der Waals surface area contributed by atoms with Crippen molar-refractivity contribution in [3.8, 4) is 5.75 Å². The largest absolute Gasteiger partial charge is 0.481 e. The molecule has 1 aliphatic rings. The van der Waals surface area contributed by atoms with Crippen LogP contribution in [0.5, 0.6) is 5.75 Å². The predicted molar refractivity (Wildman–Crippen MR) is 80.2 cm³/mol. The van der Waals surface area contributed by atoms with Crippen LogP contribution in [0.25, 0.3) is 0 Å². The number of hydrogen-bond acceptors (Lipinski definition) is 5. The van der Waals surface area contributed by atoms with E-state index in [4.69, 9.17) is 9.47 Å². The van der Waals surface area contributed by atoms with Gasteiger partial charge in [-0.2, -0.15) is 4.31 Å². The van der Waals surface area contributed by atoms with E-state index in [1.807, 2.05) is 0 Å². The molecule has 0 bridgehead atoms. The Kier molecular flexibility index (Phi) is 5.38. The Morgan fingerprint density at radius 2 is 1.86 bits per heavy atom. The van der Waals surface area contributed by atoms with Gasteiger partial charge in [0.2, 0.25) is 10.0 Å². The fourth-order valence-electron chi connectivity index (χ4n) is 2.09. The SMILES string of the molecule is CNC(=O)[C@H](C)Oc1ccc(S(=O)(=O)N2CCOCC2)cc1. The number of sulfonamides is 1. The summed E-state index contributed by atoms with van der Waals surface area (Å²) in [6.45, 7) is 3.15. The molecule has 122 valence electrons. The van der Waals surface area contributed by atoms with E-state index < -0.39 is 16.1 Å². The van der Waals surface area contributed by atoms with Crippen molar-refractivity contribution in [2.45, 2.75) is 17.9 Å². The molecular formula is C14H20N2O5S. The average Bonchev–Trinajstić information content (AvgIpc) is 2.55. The Morgan fingerprint density at radius 3 is 2.41 bits per heavy atom. The number of benzene rings is 1. The van der Waals surface area contributed by atoms with E-state index in [0.717, 1.165) is 0 Å². The summed E-state index contributed by atoms with van der Waals surface area (Å²) in [6.07, 6.45) is -0.647. The fraction of sp³-hybridized carbons (Fsp3) is 0.500. The van der Waals surface area contributed by atoms with E-state index in [9.17, 15) is 13.2 Å². The molecule has 1 N–H and O–H groups in total. The number of morpholine rings is 1. The first-order chi connectivity index (χ1) is 10.4. The standard InChI is InChI=1S/C14H20N2O5S/c1-11(14(17)15-2)21-12-3-5-13(6-4-12)22(18,19)16-7-9-20-10-8-16/h3-6,11H,7-10H2,1-2H3,(H,15,17)/t11-/m0/s1. The summed E-state index contributed by atoms with van der Waals surface area (Å²) in [5, 5.41) is 2.49. The van der Waals surface area contributed by atoms with Gasteiger partial charge in [0.05, 0.1) is 18.1 Å². The summed E-state index contributed by atoms with van der Waals surface area (Å²) in [6, 6.07) is 6.06. The highest BCUT2D eigenvalue weighted by molar-refractivity contribution is 7.89. The Labute approximate surface area is 130 Å². The van der Waals surface area contributed by atoms with Gasteiger partial charge in [-0.3, -0.25) is 4.79 Å². The Morgan fingerprint density at radius 1 is 1.27 bits per heavy atom. The van der Waals surface area contributed by atoms with Crippen LogP contribution in [0.3, 0.4) is 0 Å². The van der Waals surface area contributed by atoms with Crippen molar-refractivity contribution in [1.82, 2.24) is 9.62 Å². The first-order valence-corrected chi connectivity index (χ1v) is 8.45. The first-order valence-electron chi connectivity index (χ1n) is 7.01. The van der Waals surface area contributed by atoms with E-state index in [0.29, 0.717) is 32.1 Å². The lowest BCUT2D eigenvalue weighted by Gasteiger charge is -2.26. The zero-order valence-electron chi connectivity index (χ0n) is 12.6. The summed E-state index contributed by atoms with van der Waals surface area (Å²) < 4.78 is 36.9. The minimum atomic E-state index is -3.51. The topological polar surface area (TPSA) is 84.9 Å². The maximum atomic E-state index is 12.4. The summed E-state index contributed by atoms with van der Waals surface area (Å²) in [5.74, 6) is 0.196. The maximum Gasteiger partial charge on any atom is 0.260 e. The van der Waals surface area contributed by atoms with Gasteiger partial charge >= 0.3 is 0 Å². The number of amides is 1. The number of hydrogen-bond donors (Lipinski definition) is 1. The fourth-order valence-corrected chi connectivity index (χ4v) is 3.50. The number of carbonyl (C=O) groups is 1. The zero-order chi connectivity index (χ0) is 16.2. The second-order valence-electron chi connectivity index (χ2n) is 4.86. The summed E-state index contributed by atoms with van der Waals surface area (Å²) in [7, 11) is -1.98. The summed E-state index contributed by atoms with van der Waals surface area (Å²) >= 11 is 0. The molecule has 1 aromatic carbocycles. The number of nitrogens with zero attached hydrogens (tertiary/aromatic N) is 1. The molecule has 0 aliphatic carbocycles. The van der Waals surface area contributed by atoms with Crippen molar-refractivity contribution in [3.63, 3.8) is 0 Å². The van der Waals surface area contributed by atoms with Gasteiger partial charge in [0.1, 0.15) is 5.75 Å². The van der Waals surface area contributed by atoms with E-state index >= 15 is 0 Å². The minimum Gasteiger partial charge on any atom is -0.481 e. The van der Waals surface area contributed by atoms with Gasteiger partial charge in [0.15, 0.2) is 6.10 Å². The molecule has 7 nitrogen and oxygen atoms in total. The van der Waals surface area contributed by atoms with Crippen LogP contribution in [0, 0.1) is 0 Å². The highest BCUT2D eigenvalue weighted by Crippen LogP contribution is 2.21. The molecule has 0 unspecified atom stereocenters. The van der Waals surface area contributed by atoms with E-state index in [2.05, 4.69) is 5.32 Å². The Balaban J connectivity index is 2.09. The smallest absolute Gasteiger partial charge is 0.260 e. The van der Waals surface area contributed by atoms with Crippen LogP contribution in [0.1, 0.15) is 6.92 Å². The summed E-state index contributed by atoms with van der Waals surface area (Å²) in [4.78, 5) is 11.6. The number of carbonyl (C=O) groups excluding carboxylic acids is 1. The molecule has 0 saturated carbocycles. The minimum absolute atomic E-state index is 0.203. The number of nitrogens with one attached hydrogen (secondary N) is 1. The van der Waals surface area contributed by atoms with Gasteiger partial charge in [0.25, 0.3) is 5.91 Å². The van der Waals surface area contributed by atoms with Crippen molar-refractivity contribution in [1.29, 1.82) is 0 Å². The molecule has 1 atom stereocenters. The van der Waals surface area contributed by atoms with Crippen molar-refractivity contribution in [2.24, 2.45) is 0 Å². The van der Waals surface area contributed by atoms with Crippen molar-refractivity contribution < 1.29 is 22.7 Å². The third-order valence-corrected chi connectivity index (χ3v) is 5.27. The molecule has 1 fully saturated rings. The molecule has 1 aromatic rings. The monoisotopic (exact) mass is 328 g/mol. The van der Waals surface area contributed by atoms with Crippen LogP contribution in [0.15, 0.2) is 29.2 Å². The highest BCUT2D eigenvalue weighted by Gasteiger charge is 2.26. The van der Waals surface area contributed by atoms with Crippen LogP contribution in [-0.2, 0) is 19.6 Å². The van der Waals surface area contributed by atoms with Gasteiger partial charge in [-0.1, -0.05) is 0 Å². The van der Waals surface area contributed by atoms with Crippen LogP contribution >= 0.6 is 0 Å². The number of likely N-dealkylation sites (N-methyl/N-ethyl adjacent to an activating group) is 1. The second kappa shape index (κ2) is 7.08. The van der Waals surface area contributed by atoms with Crippen molar-refractivity contribution >= 4 is 15.9 Å². The van der Waals surface area contributed by atoms with Gasteiger partial charge in [0, 0.05) is 20.1 Å². The van der Waals surface area contributed by atoms with Crippen LogP contribution < -0.4 is 10.1 Å². The molecule has 1 heterocycles. The molecule has 1 saturated heterocycles. The molecule has 1 aliphatic heterocycles. The first kappa shape index (κ1) is 16.7. The normalized spacial score (nSPS) is 17.7. The average molecular weight is 328 g/mol. The molecular weight excluding hydrogens is 308 g/mol. The lowest BCUT2D eigenvalue weighted by atomic mass is 10.3. The van der Waals surface area contributed by atoms with Crippen molar-refractivity contribution in [2.75, 3.05) is 33.4 Å². The molecule has 8 heteroatoms. The zero-order valence-corrected chi connectivity index (χ0v) is 13.4. The second-order valence-corrected chi connectivity index (χ2v) is 6.80. The van der Waals surface area contributed by atoms with E-state index in [-0.39, 0.29) is 10.8 Å². The lowest BCUT2D eigenvalue weighted by Crippen LogP contribution is -2.40. The van der Waals surface area contributed by atoms with Gasteiger partial charge in [-0.15, -0.1) is 0 Å². The molecule has 2 rings (SSSR count). The highest BCUT2D eigenvalue weighted by atomic mass is 32.2. The quantitative estimate of drug-likeness (QED) is 0.836.